The molecule has 0 aromatic heterocycles. The van der Waals surface area contributed by atoms with Crippen molar-refractivity contribution in [2.24, 2.45) is 22.2 Å². The normalized spacial score (nSPS) is 34.3. The molecule has 174 valence electrons. The molecule has 32 heavy (non-hydrogen) atoms. The first-order valence-electron chi connectivity index (χ1n) is 11.7. The summed E-state index contributed by atoms with van der Waals surface area (Å²) in [6.07, 6.45) is 5.78. The number of allylic oxidation sites excluding steroid dienone is 1. The predicted octanol–water partition coefficient (Wildman–Crippen LogP) is 4.36. The summed E-state index contributed by atoms with van der Waals surface area (Å²) in [6, 6.07) is 6.18. The largest absolute Gasteiger partial charge is 0.512 e. The standard InChI is InChI=1S/C26H35NO5/c1-5-32-25(30)21(15(2)28)14-27-23-13-22-20-8-6-16-12-17(31-4)7-9-18(16)19(20)10-11-26(22,3)24(23)29/h7,9,12,14,19-20,22-24,28-29H,5-6,8,10-11,13H2,1-4H3/b21-15-,27-14?/t19-,20-,22+,23+,24-,26+/m1/s1. The van der Waals surface area contributed by atoms with Gasteiger partial charge in [-0.2, -0.15) is 0 Å². The molecule has 2 N–H and O–H groups in total. The first kappa shape index (κ1) is 22.8. The van der Waals surface area contributed by atoms with Crippen molar-refractivity contribution in [3.05, 3.63) is 40.7 Å². The van der Waals surface area contributed by atoms with Crippen LogP contribution in [0.15, 0.2) is 34.5 Å². The van der Waals surface area contributed by atoms with Crippen LogP contribution < -0.4 is 4.74 Å². The number of ether oxygens (including phenoxy) is 2. The Morgan fingerprint density at radius 2 is 2.12 bits per heavy atom. The monoisotopic (exact) mass is 441 g/mol. The zero-order chi connectivity index (χ0) is 23.0. The molecule has 0 unspecified atom stereocenters. The maximum absolute atomic E-state index is 12.1. The highest BCUT2D eigenvalue weighted by molar-refractivity contribution is 6.09. The van der Waals surface area contributed by atoms with Crippen LogP contribution in [0.4, 0.5) is 0 Å². The van der Waals surface area contributed by atoms with Gasteiger partial charge in [0.25, 0.3) is 0 Å². The van der Waals surface area contributed by atoms with E-state index >= 15 is 0 Å². The third-order valence-corrected chi connectivity index (χ3v) is 8.19. The van der Waals surface area contributed by atoms with E-state index in [1.165, 1.54) is 24.3 Å². The van der Waals surface area contributed by atoms with Gasteiger partial charge in [0, 0.05) is 6.21 Å². The lowest BCUT2D eigenvalue weighted by Gasteiger charge is -2.50. The van der Waals surface area contributed by atoms with Gasteiger partial charge in [-0.05, 0) is 92.4 Å². The molecular formula is C26H35NO5. The number of nitrogens with zero attached hydrogens (tertiary/aromatic N) is 1. The Morgan fingerprint density at radius 3 is 2.81 bits per heavy atom. The molecule has 2 fully saturated rings. The number of fused-ring (bicyclic) bond motifs is 5. The van der Waals surface area contributed by atoms with Gasteiger partial charge in [-0.25, -0.2) is 4.79 Å². The predicted molar refractivity (Wildman–Crippen MR) is 123 cm³/mol. The zero-order valence-electron chi connectivity index (χ0n) is 19.5. The van der Waals surface area contributed by atoms with Gasteiger partial charge < -0.3 is 19.7 Å². The quantitative estimate of drug-likeness (QED) is 0.307. The minimum absolute atomic E-state index is 0.0532. The average Bonchev–Trinajstić information content (AvgIpc) is 3.03. The van der Waals surface area contributed by atoms with Gasteiger partial charge in [0.1, 0.15) is 17.1 Å². The molecule has 0 radical (unpaired) electrons. The van der Waals surface area contributed by atoms with E-state index in [2.05, 4.69) is 30.1 Å². The number of methoxy groups -OCH3 is 1. The second-order valence-corrected chi connectivity index (χ2v) is 9.77. The molecule has 0 heterocycles. The molecule has 2 saturated carbocycles. The van der Waals surface area contributed by atoms with E-state index in [9.17, 15) is 15.0 Å². The number of aliphatic imine (C=N–C) groups is 1. The third-order valence-electron chi connectivity index (χ3n) is 8.19. The molecule has 0 amide bonds. The first-order chi connectivity index (χ1) is 15.3. The van der Waals surface area contributed by atoms with Crippen LogP contribution in [0.3, 0.4) is 0 Å². The fourth-order valence-corrected chi connectivity index (χ4v) is 6.49. The highest BCUT2D eigenvalue weighted by Gasteiger charge is 2.58. The second-order valence-electron chi connectivity index (χ2n) is 9.77. The molecule has 0 aliphatic heterocycles. The van der Waals surface area contributed by atoms with Crippen molar-refractivity contribution in [3.63, 3.8) is 0 Å². The van der Waals surface area contributed by atoms with Crippen LogP contribution in [-0.4, -0.2) is 48.3 Å². The van der Waals surface area contributed by atoms with Gasteiger partial charge in [-0.15, -0.1) is 0 Å². The molecule has 1 aromatic carbocycles. The Labute approximate surface area is 190 Å². The van der Waals surface area contributed by atoms with Gasteiger partial charge >= 0.3 is 5.97 Å². The van der Waals surface area contributed by atoms with Gasteiger partial charge in [-0.1, -0.05) is 13.0 Å². The molecule has 4 rings (SSSR count). The Morgan fingerprint density at radius 1 is 1.34 bits per heavy atom. The molecule has 3 aliphatic rings. The van der Waals surface area contributed by atoms with E-state index in [1.54, 1.807) is 14.0 Å². The van der Waals surface area contributed by atoms with Crippen LogP contribution in [0.1, 0.15) is 63.5 Å². The number of aliphatic hydroxyl groups is 2. The Hall–Kier alpha value is -2.34. The third kappa shape index (κ3) is 3.83. The van der Waals surface area contributed by atoms with Crippen LogP contribution in [0, 0.1) is 17.3 Å². The fraction of sp³-hybridized carbons (Fsp3) is 0.615. The number of carbonyl (C=O) groups excluding carboxylic acids is 1. The summed E-state index contributed by atoms with van der Waals surface area (Å²) in [5, 5.41) is 21.2. The molecule has 6 atom stereocenters. The average molecular weight is 442 g/mol. The Balaban J connectivity index is 1.57. The van der Waals surface area contributed by atoms with Crippen LogP contribution in [0.2, 0.25) is 0 Å². The van der Waals surface area contributed by atoms with E-state index in [0.29, 0.717) is 17.8 Å². The topological polar surface area (TPSA) is 88.4 Å². The molecule has 3 aliphatic carbocycles. The highest BCUT2D eigenvalue weighted by atomic mass is 16.5. The van der Waals surface area contributed by atoms with Crippen LogP contribution in [0.5, 0.6) is 5.75 Å². The number of hydrogen-bond donors (Lipinski definition) is 2. The first-order valence-corrected chi connectivity index (χ1v) is 11.7. The van der Waals surface area contributed by atoms with E-state index in [1.807, 2.05) is 0 Å². The maximum atomic E-state index is 12.1. The molecule has 0 bridgehead atoms. The molecule has 6 heteroatoms. The Bertz CT molecular complexity index is 934. The van der Waals surface area contributed by atoms with E-state index in [0.717, 1.165) is 37.9 Å². The lowest BCUT2D eigenvalue weighted by Crippen LogP contribution is -2.44. The van der Waals surface area contributed by atoms with Crippen molar-refractivity contribution in [2.75, 3.05) is 13.7 Å². The lowest BCUT2D eigenvalue weighted by molar-refractivity contribution is -0.138. The summed E-state index contributed by atoms with van der Waals surface area (Å²) in [5.41, 5.74) is 2.70. The SMILES string of the molecule is CCOC(=O)/C(C=N[C@H]1C[C@H]2[C@@H]3CCc4cc(OC)ccc4[C@H]3CC[C@]2(C)[C@@H]1O)=C(/C)O. The summed E-state index contributed by atoms with van der Waals surface area (Å²) < 4.78 is 10.4. The molecule has 0 spiro atoms. The minimum atomic E-state index is -0.591. The number of aryl methyl sites for hydroxylation is 1. The number of aliphatic hydroxyl groups excluding tert-OH is 2. The maximum Gasteiger partial charge on any atom is 0.343 e. The van der Waals surface area contributed by atoms with Crippen LogP contribution >= 0.6 is 0 Å². The zero-order valence-corrected chi connectivity index (χ0v) is 19.5. The molecule has 6 nitrogen and oxygen atoms in total. The van der Waals surface area contributed by atoms with E-state index in [-0.39, 0.29) is 29.4 Å². The highest BCUT2D eigenvalue weighted by Crippen LogP contribution is 2.61. The summed E-state index contributed by atoms with van der Waals surface area (Å²) in [7, 11) is 1.71. The second kappa shape index (κ2) is 8.89. The number of rotatable bonds is 5. The smallest absolute Gasteiger partial charge is 0.343 e. The molecular weight excluding hydrogens is 406 g/mol. The van der Waals surface area contributed by atoms with Crippen molar-refractivity contribution in [1.82, 2.24) is 0 Å². The minimum Gasteiger partial charge on any atom is -0.512 e. The summed E-state index contributed by atoms with van der Waals surface area (Å²) in [5.74, 6) is 1.60. The van der Waals surface area contributed by atoms with Gasteiger partial charge in [0.05, 0.1) is 25.9 Å². The van der Waals surface area contributed by atoms with Crippen molar-refractivity contribution in [2.45, 2.75) is 70.9 Å². The van der Waals surface area contributed by atoms with Crippen molar-refractivity contribution in [1.29, 1.82) is 0 Å². The Kier molecular flexibility index (Phi) is 6.35. The van der Waals surface area contributed by atoms with Crippen molar-refractivity contribution >= 4 is 12.2 Å². The number of carbonyl (C=O) groups is 1. The van der Waals surface area contributed by atoms with Crippen LogP contribution in [-0.2, 0) is 16.0 Å². The lowest BCUT2D eigenvalue weighted by atomic mass is 9.55. The molecule has 1 aromatic rings. The van der Waals surface area contributed by atoms with Gasteiger partial charge in [-0.3, -0.25) is 4.99 Å². The molecule has 0 saturated heterocycles. The van der Waals surface area contributed by atoms with E-state index in [4.69, 9.17) is 9.47 Å². The van der Waals surface area contributed by atoms with Gasteiger partial charge in [0.15, 0.2) is 0 Å². The summed E-state index contributed by atoms with van der Waals surface area (Å²) in [6.45, 7) is 5.60. The number of hydrogen-bond acceptors (Lipinski definition) is 6. The summed E-state index contributed by atoms with van der Waals surface area (Å²) >= 11 is 0. The van der Waals surface area contributed by atoms with Gasteiger partial charge in [0.2, 0.25) is 0 Å². The fourth-order valence-electron chi connectivity index (χ4n) is 6.49. The van der Waals surface area contributed by atoms with Crippen molar-refractivity contribution in [3.8, 4) is 5.75 Å². The number of benzene rings is 1. The van der Waals surface area contributed by atoms with Crippen molar-refractivity contribution < 1.29 is 24.5 Å². The van der Waals surface area contributed by atoms with Crippen LogP contribution in [0.25, 0.3) is 0 Å². The van der Waals surface area contributed by atoms with E-state index < -0.39 is 12.1 Å². The number of esters is 1. The summed E-state index contributed by atoms with van der Waals surface area (Å²) in [4.78, 5) is 16.7.